The molecular formula is C47H40N2. The van der Waals surface area contributed by atoms with Crippen molar-refractivity contribution >= 4 is 28.4 Å². The number of para-hydroxylation sites is 2. The Kier molecular flexibility index (Phi) is 6.95. The van der Waals surface area contributed by atoms with Gasteiger partial charge in [-0.25, -0.2) is 0 Å². The highest BCUT2D eigenvalue weighted by atomic mass is 15.2. The van der Waals surface area contributed by atoms with Crippen molar-refractivity contribution in [1.29, 1.82) is 0 Å². The van der Waals surface area contributed by atoms with E-state index < -0.39 is 0 Å². The highest BCUT2D eigenvalue weighted by molar-refractivity contribution is 5.93. The molecule has 2 aliphatic carbocycles. The van der Waals surface area contributed by atoms with Crippen molar-refractivity contribution in [2.75, 3.05) is 9.80 Å². The maximum atomic E-state index is 2.50. The van der Waals surface area contributed by atoms with Crippen LogP contribution in [0, 0.1) is 6.92 Å². The van der Waals surface area contributed by atoms with E-state index in [4.69, 9.17) is 0 Å². The largest absolute Gasteiger partial charge is 0.311 e. The molecule has 0 atom stereocenters. The van der Waals surface area contributed by atoms with E-state index in [1.165, 1.54) is 84.2 Å². The maximum Gasteiger partial charge on any atom is 0.0502 e. The minimum atomic E-state index is -0.0992. The number of nitrogens with zero attached hydrogens (tertiary/aromatic N) is 2. The van der Waals surface area contributed by atoms with Crippen LogP contribution in [0.1, 0.15) is 54.5 Å². The molecule has 0 bridgehead atoms. The standard InChI is InChI=1S/C47H40N2/c1-32-21-25-36(26-22-32)48(35-14-5-4-6-15-35)37-27-23-33(24-28-37)40-30-38(31-42-39-16-8-7-13-34(39)29-41(40)42)49-45-19-11-9-17-43(45)47(2,3)44-18-10-12-20-46(44)49/h5,7-28,30-31H,4,6,29H2,1-3H3. The van der Waals surface area contributed by atoms with Gasteiger partial charge in [-0.1, -0.05) is 116 Å². The van der Waals surface area contributed by atoms with Crippen LogP contribution in [-0.4, -0.2) is 0 Å². The van der Waals surface area contributed by atoms with E-state index in [0.29, 0.717) is 0 Å². The molecule has 2 heteroatoms. The molecule has 0 spiro atoms. The smallest absolute Gasteiger partial charge is 0.0502 e. The zero-order valence-electron chi connectivity index (χ0n) is 28.4. The summed E-state index contributed by atoms with van der Waals surface area (Å²) < 4.78 is 0. The van der Waals surface area contributed by atoms with Crippen LogP contribution in [0.25, 0.3) is 22.3 Å². The van der Waals surface area contributed by atoms with Crippen LogP contribution in [0.5, 0.6) is 0 Å². The number of anilines is 5. The fraction of sp³-hybridized carbons (Fsp3) is 0.149. The van der Waals surface area contributed by atoms with E-state index in [2.05, 4.69) is 182 Å². The molecule has 0 amide bonds. The zero-order valence-corrected chi connectivity index (χ0v) is 28.4. The van der Waals surface area contributed by atoms with Gasteiger partial charge in [0.1, 0.15) is 0 Å². The molecule has 0 radical (unpaired) electrons. The third kappa shape index (κ3) is 4.85. The molecule has 6 aromatic carbocycles. The van der Waals surface area contributed by atoms with Crippen molar-refractivity contribution in [3.8, 4) is 22.3 Å². The minimum absolute atomic E-state index is 0.0992. The summed E-state index contributed by atoms with van der Waals surface area (Å²) in [6.45, 7) is 6.86. The lowest BCUT2D eigenvalue weighted by Crippen LogP contribution is -2.30. The Balaban J connectivity index is 1.21. The van der Waals surface area contributed by atoms with Gasteiger partial charge < -0.3 is 9.80 Å². The lowest BCUT2D eigenvalue weighted by Gasteiger charge is -2.42. The fourth-order valence-electron chi connectivity index (χ4n) is 8.25. The van der Waals surface area contributed by atoms with Crippen molar-refractivity contribution in [3.05, 3.63) is 185 Å². The summed E-state index contributed by atoms with van der Waals surface area (Å²) in [5.74, 6) is 0. The first kappa shape index (κ1) is 29.5. The van der Waals surface area contributed by atoms with Crippen molar-refractivity contribution in [2.45, 2.75) is 45.4 Å². The third-order valence-corrected chi connectivity index (χ3v) is 10.8. The molecule has 0 saturated carbocycles. The lowest BCUT2D eigenvalue weighted by molar-refractivity contribution is 0.632. The highest BCUT2D eigenvalue weighted by Crippen LogP contribution is 2.54. The van der Waals surface area contributed by atoms with Gasteiger partial charge >= 0.3 is 0 Å². The number of allylic oxidation sites excluding steroid dienone is 3. The first-order valence-electron chi connectivity index (χ1n) is 17.6. The van der Waals surface area contributed by atoms with E-state index in [1.807, 2.05) is 0 Å². The number of benzene rings is 6. The predicted molar refractivity (Wildman–Crippen MR) is 207 cm³/mol. The van der Waals surface area contributed by atoms with Crippen LogP contribution in [0.4, 0.5) is 28.4 Å². The molecule has 2 nitrogen and oxygen atoms in total. The second kappa shape index (κ2) is 11.5. The minimum Gasteiger partial charge on any atom is -0.311 e. The van der Waals surface area contributed by atoms with Crippen LogP contribution in [-0.2, 0) is 11.8 Å². The predicted octanol–water partition coefficient (Wildman–Crippen LogP) is 12.7. The van der Waals surface area contributed by atoms with Gasteiger partial charge in [0.05, 0.1) is 11.4 Å². The van der Waals surface area contributed by atoms with Crippen LogP contribution in [0.3, 0.4) is 0 Å². The molecule has 238 valence electrons. The van der Waals surface area contributed by atoms with Gasteiger partial charge in [-0.15, -0.1) is 0 Å². The molecule has 0 N–H and O–H groups in total. The maximum absolute atomic E-state index is 2.50. The van der Waals surface area contributed by atoms with Gasteiger partial charge in [-0.3, -0.25) is 0 Å². The summed E-state index contributed by atoms with van der Waals surface area (Å²) in [4.78, 5) is 4.88. The quantitative estimate of drug-likeness (QED) is 0.186. The molecule has 0 aromatic heterocycles. The number of hydrogen-bond acceptors (Lipinski definition) is 2. The van der Waals surface area contributed by atoms with Crippen molar-refractivity contribution in [3.63, 3.8) is 0 Å². The van der Waals surface area contributed by atoms with Gasteiger partial charge in [-0.05, 0) is 125 Å². The Hall–Kier alpha value is -5.60. The summed E-state index contributed by atoms with van der Waals surface area (Å²) in [5.41, 5.74) is 19.2. The average molecular weight is 633 g/mol. The highest BCUT2D eigenvalue weighted by Gasteiger charge is 2.37. The molecular weight excluding hydrogens is 593 g/mol. The van der Waals surface area contributed by atoms with Crippen LogP contribution >= 0.6 is 0 Å². The number of hydrogen-bond donors (Lipinski definition) is 0. The molecule has 1 heterocycles. The van der Waals surface area contributed by atoms with Gasteiger partial charge in [0, 0.05) is 28.2 Å². The Morgan fingerprint density at radius 2 is 1.22 bits per heavy atom. The number of aryl methyl sites for hydroxylation is 1. The summed E-state index contributed by atoms with van der Waals surface area (Å²) in [7, 11) is 0. The molecule has 0 fully saturated rings. The zero-order chi connectivity index (χ0) is 33.1. The van der Waals surface area contributed by atoms with Gasteiger partial charge in [0.15, 0.2) is 0 Å². The Bertz CT molecular complexity index is 2240. The summed E-state index contributed by atoms with van der Waals surface area (Å²) in [6.07, 6.45) is 10.0. The van der Waals surface area contributed by atoms with E-state index >= 15 is 0 Å². The Labute approximate surface area is 290 Å². The lowest BCUT2D eigenvalue weighted by atomic mass is 9.73. The van der Waals surface area contributed by atoms with Crippen LogP contribution < -0.4 is 9.80 Å². The van der Waals surface area contributed by atoms with Crippen LogP contribution in [0.15, 0.2) is 157 Å². The first-order chi connectivity index (χ1) is 24.0. The number of fused-ring (bicyclic) bond motifs is 5. The first-order valence-corrected chi connectivity index (χ1v) is 17.6. The molecule has 1 aliphatic heterocycles. The molecule has 9 rings (SSSR count). The van der Waals surface area contributed by atoms with E-state index in [0.717, 1.165) is 19.3 Å². The van der Waals surface area contributed by atoms with Gasteiger partial charge in [-0.2, -0.15) is 0 Å². The summed E-state index contributed by atoms with van der Waals surface area (Å²) in [6, 6.07) is 49.8. The topological polar surface area (TPSA) is 6.48 Å². The molecule has 3 aliphatic rings. The van der Waals surface area contributed by atoms with Crippen molar-refractivity contribution in [2.24, 2.45) is 0 Å². The normalized spacial score (nSPS) is 15.2. The summed E-state index contributed by atoms with van der Waals surface area (Å²) >= 11 is 0. The number of rotatable bonds is 5. The second-order valence-electron chi connectivity index (χ2n) is 14.2. The monoisotopic (exact) mass is 632 g/mol. The SMILES string of the molecule is Cc1ccc(N(C2=CCCC=C2)c2ccc(-c3cc(N4c5ccccc5C(C)(C)c5ccccc54)cc4c3Cc3ccccc3-4)cc2)cc1. The second-order valence-corrected chi connectivity index (χ2v) is 14.2. The van der Waals surface area contributed by atoms with Crippen LogP contribution in [0.2, 0.25) is 0 Å². The molecule has 0 unspecified atom stereocenters. The third-order valence-electron chi connectivity index (χ3n) is 10.8. The molecule has 6 aromatic rings. The van der Waals surface area contributed by atoms with Crippen molar-refractivity contribution in [1.82, 2.24) is 0 Å². The fourth-order valence-corrected chi connectivity index (χ4v) is 8.25. The molecule has 49 heavy (non-hydrogen) atoms. The average Bonchev–Trinajstić information content (AvgIpc) is 3.52. The Morgan fingerprint density at radius 3 is 1.90 bits per heavy atom. The molecule has 0 saturated heterocycles. The van der Waals surface area contributed by atoms with Gasteiger partial charge in [0.25, 0.3) is 0 Å². The summed E-state index contributed by atoms with van der Waals surface area (Å²) in [5, 5.41) is 0. The Morgan fingerprint density at radius 1 is 0.612 bits per heavy atom. The van der Waals surface area contributed by atoms with Crippen molar-refractivity contribution < 1.29 is 0 Å². The van der Waals surface area contributed by atoms with E-state index in [9.17, 15) is 0 Å². The van der Waals surface area contributed by atoms with E-state index in [1.54, 1.807) is 0 Å². The van der Waals surface area contributed by atoms with Gasteiger partial charge in [0.2, 0.25) is 0 Å². The van der Waals surface area contributed by atoms with E-state index in [-0.39, 0.29) is 5.41 Å².